The fraction of sp³-hybridized carbons (Fsp3) is 0.286. The van der Waals surface area contributed by atoms with Crippen molar-refractivity contribution in [2.75, 3.05) is 19.6 Å². The SMILES string of the molecule is CCN(CC)C/C=C/c1cc(F)ccc1S(=O)(=O)Cc1ccc(Br)c(O)c1C(=O)O. The number of nitrogens with zero attached hydrogens (tertiary/aromatic N) is 1. The Morgan fingerprint density at radius 3 is 2.47 bits per heavy atom. The first kappa shape index (κ1) is 24.0. The van der Waals surface area contributed by atoms with Gasteiger partial charge in [-0.3, -0.25) is 0 Å². The number of likely N-dealkylation sites (N-methyl/N-ethyl adjacent to an activating group) is 1. The van der Waals surface area contributed by atoms with Gasteiger partial charge in [0, 0.05) is 6.54 Å². The van der Waals surface area contributed by atoms with Crippen LogP contribution in [-0.2, 0) is 15.6 Å². The van der Waals surface area contributed by atoms with E-state index >= 15 is 0 Å². The third-order valence-electron chi connectivity index (χ3n) is 4.64. The molecule has 0 radical (unpaired) electrons. The summed E-state index contributed by atoms with van der Waals surface area (Å²) in [6.07, 6.45) is 3.31. The Kier molecular flexibility index (Phi) is 8.17. The number of aromatic hydroxyl groups is 1. The number of benzene rings is 2. The minimum atomic E-state index is -4.03. The standard InChI is InChI=1S/C21H23BrFNO5S/c1-3-24(4-2)11-5-6-14-12-16(23)8-10-18(14)30(28,29)13-15-7-9-17(22)20(25)19(15)21(26)27/h5-10,12,25H,3-4,11,13H2,1-2H3,(H,26,27)/b6-5+. The van der Waals surface area contributed by atoms with Crippen LogP contribution in [0, 0.1) is 5.82 Å². The van der Waals surface area contributed by atoms with E-state index in [2.05, 4.69) is 20.8 Å². The molecule has 2 aromatic rings. The lowest BCUT2D eigenvalue weighted by atomic mass is 10.1. The number of carbonyl (C=O) groups is 1. The number of hydrogen-bond acceptors (Lipinski definition) is 5. The maximum Gasteiger partial charge on any atom is 0.339 e. The number of sulfone groups is 1. The molecule has 0 saturated carbocycles. The highest BCUT2D eigenvalue weighted by atomic mass is 79.9. The van der Waals surface area contributed by atoms with Gasteiger partial charge >= 0.3 is 5.97 Å². The lowest BCUT2D eigenvalue weighted by Gasteiger charge is -2.15. The zero-order valence-electron chi connectivity index (χ0n) is 16.6. The number of phenols is 1. The molecule has 2 rings (SSSR count). The lowest BCUT2D eigenvalue weighted by Crippen LogP contribution is -2.22. The summed E-state index contributed by atoms with van der Waals surface area (Å²) < 4.78 is 40.1. The van der Waals surface area contributed by atoms with E-state index in [9.17, 15) is 27.8 Å². The molecular formula is C21H23BrFNO5S. The molecular weight excluding hydrogens is 477 g/mol. The van der Waals surface area contributed by atoms with E-state index in [-0.39, 0.29) is 20.5 Å². The average molecular weight is 500 g/mol. The number of halogens is 2. The highest BCUT2D eigenvalue weighted by molar-refractivity contribution is 9.10. The van der Waals surface area contributed by atoms with Crippen LogP contribution in [0.15, 0.2) is 45.8 Å². The lowest BCUT2D eigenvalue weighted by molar-refractivity contribution is 0.0692. The molecule has 0 aromatic heterocycles. The quantitative estimate of drug-likeness (QED) is 0.498. The van der Waals surface area contributed by atoms with Crippen molar-refractivity contribution in [3.63, 3.8) is 0 Å². The number of carboxylic acids is 1. The third kappa shape index (κ3) is 5.68. The molecule has 0 spiro atoms. The fourth-order valence-corrected chi connectivity index (χ4v) is 4.89. The van der Waals surface area contributed by atoms with Gasteiger partial charge in [0.2, 0.25) is 0 Å². The van der Waals surface area contributed by atoms with Crippen molar-refractivity contribution >= 4 is 37.8 Å². The van der Waals surface area contributed by atoms with Crippen molar-refractivity contribution in [3.05, 3.63) is 63.4 Å². The van der Waals surface area contributed by atoms with Crippen molar-refractivity contribution < 1.29 is 27.8 Å². The number of hydrogen-bond donors (Lipinski definition) is 2. The molecule has 9 heteroatoms. The van der Waals surface area contributed by atoms with Crippen molar-refractivity contribution in [3.8, 4) is 5.75 Å². The topological polar surface area (TPSA) is 94.9 Å². The predicted octanol–water partition coefficient (Wildman–Crippen LogP) is 4.32. The Morgan fingerprint density at radius 2 is 1.87 bits per heavy atom. The summed E-state index contributed by atoms with van der Waals surface area (Å²) >= 11 is 3.03. The molecule has 0 aliphatic carbocycles. The summed E-state index contributed by atoms with van der Waals surface area (Å²) in [6.45, 7) is 6.22. The molecule has 0 fully saturated rings. The van der Waals surface area contributed by atoms with E-state index in [0.29, 0.717) is 6.54 Å². The van der Waals surface area contributed by atoms with Gasteiger partial charge in [0.1, 0.15) is 17.1 Å². The molecule has 0 amide bonds. The first-order chi connectivity index (χ1) is 14.1. The highest BCUT2D eigenvalue weighted by Crippen LogP contribution is 2.33. The minimum Gasteiger partial charge on any atom is -0.506 e. The van der Waals surface area contributed by atoms with Crippen molar-refractivity contribution in [1.82, 2.24) is 4.90 Å². The molecule has 162 valence electrons. The molecule has 0 bridgehead atoms. The smallest absolute Gasteiger partial charge is 0.339 e. The van der Waals surface area contributed by atoms with Crippen LogP contribution in [0.2, 0.25) is 0 Å². The van der Waals surface area contributed by atoms with Gasteiger partial charge in [0.05, 0.1) is 15.1 Å². The first-order valence-electron chi connectivity index (χ1n) is 9.25. The van der Waals surface area contributed by atoms with Crippen LogP contribution in [-0.4, -0.2) is 49.1 Å². The Hall–Kier alpha value is -2.23. The van der Waals surface area contributed by atoms with Crippen LogP contribution in [0.5, 0.6) is 5.75 Å². The van der Waals surface area contributed by atoms with E-state index in [1.165, 1.54) is 18.2 Å². The number of carboxylic acid groups (broad SMARTS) is 1. The second-order valence-corrected chi connectivity index (χ2v) is 9.38. The summed E-state index contributed by atoms with van der Waals surface area (Å²) in [5.41, 5.74) is -0.375. The Bertz CT molecular complexity index is 1070. The van der Waals surface area contributed by atoms with Crippen LogP contribution in [0.4, 0.5) is 4.39 Å². The molecule has 0 aliphatic heterocycles. The van der Waals surface area contributed by atoms with Gasteiger partial charge < -0.3 is 15.1 Å². The van der Waals surface area contributed by atoms with Gasteiger partial charge in [-0.25, -0.2) is 17.6 Å². The van der Waals surface area contributed by atoms with Gasteiger partial charge in [-0.2, -0.15) is 0 Å². The molecule has 0 heterocycles. The fourth-order valence-electron chi connectivity index (χ4n) is 2.99. The Balaban J connectivity index is 2.46. The summed E-state index contributed by atoms with van der Waals surface area (Å²) in [6, 6.07) is 6.04. The van der Waals surface area contributed by atoms with E-state index in [1.807, 2.05) is 13.8 Å². The normalized spacial score (nSPS) is 12.0. The zero-order valence-corrected chi connectivity index (χ0v) is 19.0. The first-order valence-corrected chi connectivity index (χ1v) is 11.7. The van der Waals surface area contributed by atoms with Crippen molar-refractivity contribution in [1.29, 1.82) is 0 Å². The maximum atomic E-state index is 13.8. The van der Waals surface area contributed by atoms with Crippen LogP contribution in [0.3, 0.4) is 0 Å². The molecule has 6 nitrogen and oxygen atoms in total. The summed E-state index contributed by atoms with van der Waals surface area (Å²) in [4.78, 5) is 13.5. The third-order valence-corrected chi connectivity index (χ3v) is 7.01. The Labute approximate surface area is 183 Å². The monoisotopic (exact) mass is 499 g/mol. The largest absolute Gasteiger partial charge is 0.506 e. The summed E-state index contributed by atoms with van der Waals surface area (Å²) in [5, 5.41) is 19.4. The maximum absolute atomic E-state index is 13.8. The molecule has 30 heavy (non-hydrogen) atoms. The highest BCUT2D eigenvalue weighted by Gasteiger charge is 2.25. The van der Waals surface area contributed by atoms with Crippen LogP contribution >= 0.6 is 15.9 Å². The van der Waals surface area contributed by atoms with Crippen molar-refractivity contribution in [2.24, 2.45) is 0 Å². The minimum absolute atomic E-state index is 0.0643. The second-order valence-electron chi connectivity index (χ2n) is 6.56. The van der Waals surface area contributed by atoms with Crippen molar-refractivity contribution in [2.45, 2.75) is 24.5 Å². The average Bonchev–Trinajstić information content (AvgIpc) is 2.67. The van der Waals surface area contributed by atoms with E-state index in [1.54, 1.807) is 12.2 Å². The number of aromatic carboxylic acids is 1. The van der Waals surface area contributed by atoms with Gasteiger partial charge in [-0.15, -0.1) is 0 Å². The van der Waals surface area contributed by atoms with Gasteiger partial charge in [-0.05, 0) is 64.4 Å². The molecule has 0 atom stereocenters. The van der Waals surface area contributed by atoms with E-state index < -0.39 is 38.7 Å². The number of rotatable bonds is 9. The second kappa shape index (κ2) is 10.2. The predicted molar refractivity (Wildman–Crippen MR) is 117 cm³/mol. The van der Waals surface area contributed by atoms with E-state index in [0.717, 1.165) is 25.2 Å². The summed E-state index contributed by atoms with van der Waals surface area (Å²) in [5.74, 6) is -3.23. The van der Waals surface area contributed by atoms with Gasteiger partial charge in [0.25, 0.3) is 0 Å². The molecule has 0 saturated heterocycles. The molecule has 2 aromatic carbocycles. The molecule has 0 aliphatic rings. The zero-order chi connectivity index (χ0) is 22.5. The van der Waals surface area contributed by atoms with E-state index in [4.69, 9.17) is 0 Å². The van der Waals surface area contributed by atoms with Crippen LogP contribution in [0.25, 0.3) is 6.08 Å². The van der Waals surface area contributed by atoms with Gasteiger partial charge in [-0.1, -0.05) is 32.1 Å². The summed E-state index contributed by atoms with van der Waals surface area (Å²) in [7, 11) is -4.03. The molecule has 2 N–H and O–H groups in total. The van der Waals surface area contributed by atoms with Crippen LogP contribution in [0.1, 0.15) is 35.3 Å². The van der Waals surface area contributed by atoms with Crippen LogP contribution < -0.4 is 0 Å². The van der Waals surface area contributed by atoms with Gasteiger partial charge in [0.15, 0.2) is 9.84 Å². The Morgan fingerprint density at radius 1 is 1.20 bits per heavy atom. The molecule has 0 unspecified atom stereocenters.